The van der Waals surface area contributed by atoms with Gasteiger partial charge >= 0.3 is 0 Å². The van der Waals surface area contributed by atoms with E-state index in [2.05, 4.69) is 48.6 Å². The maximum atomic E-state index is 10.2. The Labute approximate surface area is 166 Å². The van der Waals surface area contributed by atoms with Crippen LogP contribution in [0, 0.1) is 0 Å². The lowest BCUT2D eigenvalue weighted by atomic mass is 10.1. The average molecular weight is 393 g/mol. The summed E-state index contributed by atoms with van der Waals surface area (Å²) in [6.07, 6.45) is 3.34. The number of rotatable bonds is 11. The first-order chi connectivity index (χ1) is 12.5. The Balaban J connectivity index is 1.79. The Hall–Kier alpha value is -1.04. The first-order valence-electron chi connectivity index (χ1n) is 9.12. The molecule has 0 bridgehead atoms. The number of nitrogens with one attached hydrogen (secondary N) is 1. The Kier molecular flexibility index (Phi) is 9.51. The molecule has 2 aromatic carbocycles. The van der Waals surface area contributed by atoms with Crippen LogP contribution in [0.4, 0.5) is 0 Å². The van der Waals surface area contributed by atoms with Gasteiger partial charge in [0.15, 0.2) is 0 Å². The summed E-state index contributed by atoms with van der Waals surface area (Å²) in [4.78, 5) is 4.58. The van der Waals surface area contributed by atoms with E-state index in [9.17, 15) is 5.11 Å². The van der Waals surface area contributed by atoms with Gasteiger partial charge in [-0.2, -0.15) is 0 Å². The lowest BCUT2D eigenvalue weighted by Gasteiger charge is -2.15. The molecule has 0 aliphatic rings. The summed E-state index contributed by atoms with van der Waals surface area (Å²) in [5.74, 6) is 0. The number of aliphatic hydroxyl groups is 1. The molecule has 0 radical (unpaired) electrons. The average Bonchev–Trinajstić information content (AvgIpc) is 2.62. The van der Waals surface area contributed by atoms with Crippen molar-refractivity contribution in [3.05, 3.63) is 59.1 Å². The molecule has 1 atom stereocenters. The first-order valence-corrected chi connectivity index (χ1v) is 10.3. The van der Waals surface area contributed by atoms with Crippen molar-refractivity contribution in [2.45, 2.75) is 41.7 Å². The summed E-state index contributed by atoms with van der Waals surface area (Å²) in [7, 11) is 4.17. The highest BCUT2D eigenvalue weighted by Crippen LogP contribution is 2.31. The van der Waals surface area contributed by atoms with Crippen molar-refractivity contribution in [3.63, 3.8) is 0 Å². The molecule has 1 unspecified atom stereocenters. The SMILES string of the molecule is CN(C)CCCCNC(O)CCc1ccccc1Sc1ccc(Cl)cc1. The van der Waals surface area contributed by atoms with Crippen molar-refractivity contribution >= 4 is 23.4 Å². The number of nitrogens with zero attached hydrogens (tertiary/aromatic N) is 1. The van der Waals surface area contributed by atoms with Crippen LogP contribution in [0.3, 0.4) is 0 Å². The maximum absolute atomic E-state index is 10.2. The highest BCUT2D eigenvalue weighted by atomic mass is 35.5. The topological polar surface area (TPSA) is 35.5 Å². The number of hydrogen-bond acceptors (Lipinski definition) is 4. The van der Waals surface area contributed by atoms with Gasteiger partial charge in [-0.05, 0) is 88.8 Å². The Morgan fingerprint density at radius 2 is 1.81 bits per heavy atom. The van der Waals surface area contributed by atoms with Gasteiger partial charge in [0.05, 0.1) is 0 Å². The van der Waals surface area contributed by atoms with Crippen LogP contribution >= 0.6 is 23.4 Å². The second kappa shape index (κ2) is 11.6. The summed E-state index contributed by atoms with van der Waals surface area (Å²) >= 11 is 7.70. The van der Waals surface area contributed by atoms with E-state index in [1.54, 1.807) is 11.8 Å². The Morgan fingerprint density at radius 1 is 1.08 bits per heavy atom. The van der Waals surface area contributed by atoms with Crippen LogP contribution in [0.15, 0.2) is 58.3 Å². The second-order valence-electron chi connectivity index (χ2n) is 6.68. The van der Waals surface area contributed by atoms with E-state index >= 15 is 0 Å². The Morgan fingerprint density at radius 3 is 2.54 bits per heavy atom. The normalized spacial score (nSPS) is 12.5. The van der Waals surface area contributed by atoms with E-state index in [0.717, 1.165) is 37.4 Å². The monoisotopic (exact) mass is 392 g/mol. The molecule has 0 spiro atoms. The fourth-order valence-electron chi connectivity index (χ4n) is 2.66. The lowest BCUT2D eigenvalue weighted by Crippen LogP contribution is -2.30. The highest BCUT2D eigenvalue weighted by Gasteiger charge is 2.08. The van der Waals surface area contributed by atoms with Crippen LogP contribution in [-0.4, -0.2) is 43.4 Å². The van der Waals surface area contributed by atoms with Gasteiger partial charge in [-0.25, -0.2) is 0 Å². The van der Waals surface area contributed by atoms with Gasteiger partial charge in [-0.15, -0.1) is 0 Å². The van der Waals surface area contributed by atoms with Crippen molar-refractivity contribution in [1.82, 2.24) is 10.2 Å². The van der Waals surface area contributed by atoms with Gasteiger partial charge < -0.3 is 10.0 Å². The van der Waals surface area contributed by atoms with Crippen LogP contribution < -0.4 is 5.32 Å². The quantitative estimate of drug-likeness (QED) is 0.430. The van der Waals surface area contributed by atoms with E-state index in [1.165, 1.54) is 15.4 Å². The molecular weight excluding hydrogens is 364 g/mol. The van der Waals surface area contributed by atoms with E-state index < -0.39 is 6.23 Å². The van der Waals surface area contributed by atoms with Gasteiger partial charge in [-0.3, -0.25) is 5.32 Å². The van der Waals surface area contributed by atoms with Gasteiger partial charge in [0, 0.05) is 14.8 Å². The number of unbranched alkanes of at least 4 members (excludes halogenated alkanes) is 1. The molecule has 2 aromatic rings. The van der Waals surface area contributed by atoms with Crippen molar-refractivity contribution in [2.75, 3.05) is 27.2 Å². The predicted molar refractivity (Wildman–Crippen MR) is 112 cm³/mol. The van der Waals surface area contributed by atoms with Crippen molar-refractivity contribution in [2.24, 2.45) is 0 Å². The van der Waals surface area contributed by atoms with E-state index in [-0.39, 0.29) is 0 Å². The van der Waals surface area contributed by atoms with Crippen molar-refractivity contribution in [3.8, 4) is 0 Å². The predicted octanol–water partition coefficient (Wildman–Crippen LogP) is 4.67. The van der Waals surface area contributed by atoms with Crippen LogP contribution in [-0.2, 0) is 6.42 Å². The molecule has 0 aliphatic carbocycles. The lowest BCUT2D eigenvalue weighted by molar-refractivity contribution is 0.127. The summed E-state index contributed by atoms with van der Waals surface area (Å²) in [6, 6.07) is 16.3. The summed E-state index contributed by atoms with van der Waals surface area (Å²) in [5, 5.41) is 14.2. The van der Waals surface area contributed by atoms with Crippen molar-refractivity contribution in [1.29, 1.82) is 0 Å². The van der Waals surface area contributed by atoms with Crippen LogP contribution in [0.1, 0.15) is 24.8 Å². The van der Waals surface area contributed by atoms with Crippen molar-refractivity contribution < 1.29 is 5.11 Å². The maximum Gasteiger partial charge on any atom is 0.105 e. The van der Waals surface area contributed by atoms with Gasteiger partial charge in [0.25, 0.3) is 0 Å². The Bertz CT molecular complexity index is 649. The second-order valence-corrected chi connectivity index (χ2v) is 8.23. The molecule has 2 N–H and O–H groups in total. The molecule has 0 amide bonds. The zero-order chi connectivity index (χ0) is 18.8. The van der Waals surface area contributed by atoms with Gasteiger partial charge in [-0.1, -0.05) is 41.6 Å². The molecule has 0 saturated carbocycles. The zero-order valence-corrected chi connectivity index (χ0v) is 17.2. The van der Waals surface area contributed by atoms with Crippen LogP contribution in [0.5, 0.6) is 0 Å². The highest BCUT2D eigenvalue weighted by molar-refractivity contribution is 7.99. The van der Waals surface area contributed by atoms with Gasteiger partial charge in [0.2, 0.25) is 0 Å². The molecule has 142 valence electrons. The van der Waals surface area contributed by atoms with E-state index in [1.807, 2.05) is 24.3 Å². The minimum atomic E-state index is -0.456. The molecule has 5 heteroatoms. The number of halogens is 1. The largest absolute Gasteiger partial charge is 0.379 e. The molecule has 3 nitrogen and oxygen atoms in total. The van der Waals surface area contributed by atoms with Gasteiger partial charge in [0.1, 0.15) is 6.23 Å². The smallest absolute Gasteiger partial charge is 0.105 e. The van der Waals surface area contributed by atoms with E-state index in [4.69, 9.17) is 11.6 Å². The third-order valence-electron chi connectivity index (χ3n) is 4.11. The molecular formula is C21H29ClN2OS. The van der Waals surface area contributed by atoms with Crippen LogP contribution in [0.25, 0.3) is 0 Å². The number of benzene rings is 2. The molecule has 0 aliphatic heterocycles. The third kappa shape index (κ3) is 8.11. The molecule has 26 heavy (non-hydrogen) atoms. The molecule has 0 fully saturated rings. The number of aliphatic hydroxyl groups excluding tert-OH is 1. The molecule has 2 rings (SSSR count). The number of hydrogen-bond donors (Lipinski definition) is 2. The summed E-state index contributed by atoms with van der Waals surface area (Å²) < 4.78 is 0. The third-order valence-corrected chi connectivity index (χ3v) is 5.49. The standard InChI is InChI=1S/C21H29ClN2OS/c1-24(2)16-6-5-15-23-21(25)14-9-17-7-3-4-8-20(17)26-19-12-10-18(22)11-13-19/h3-4,7-8,10-13,21,23,25H,5-6,9,14-16H2,1-2H3. The minimum Gasteiger partial charge on any atom is -0.379 e. The first kappa shape index (κ1) is 21.3. The zero-order valence-electron chi connectivity index (χ0n) is 15.6. The van der Waals surface area contributed by atoms with Crippen LogP contribution in [0.2, 0.25) is 5.02 Å². The molecule has 0 aromatic heterocycles. The molecule has 0 heterocycles. The fourth-order valence-corrected chi connectivity index (χ4v) is 3.76. The fraction of sp³-hybridized carbons (Fsp3) is 0.429. The number of aryl methyl sites for hydroxylation is 1. The minimum absolute atomic E-state index is 0.456. The summed E-state index contributed by atoms with van der Waals surface area (Å²) in [6.45, 7) is 1.95. The molecule has 0 saturated heterocycles. The summed E-state index contributed by atoms with van der Waals surface area (Å²) in [5.41, 5.74) is 1.26. The van der Waals surface area contributed by atoms with E-state index in [0.29, 0.717) is 6.42 Å².